The third-order valence-electron chi connectivity index (χ3n) is 1.54. The van der Waals surface area contributed by atoms with Crippen LogP contribution in [0.25, 0.3) is 0 Å². The Labute approximate surface area is 76.6 Å². The Kier molecular flexibility index (Phi) is 4.76. The average molecular weight is 186 g/mol. The minimum absolute atomic E-state index is 0.163. The SMILES string of the molecule is C=C(NCCC(N)C(=O)O)C(C)=O. The minimum Gasteiger partial charge on any atom is -0.480 e. The van der Waals surface area contributed by atoms with Crippen molar-refractivity contribution in [3.63, 3.8) is 0 Å². The van der Waals surface area contributed by atoms with Crippen LogP contribution in [0.2, 0.25) is 0 Å². The van der Waals surface area contributed by atoms with Crippen LogP contribution >= 0.6 is 0 Å². The molecule has 0 fully saturated rings. The highest BCUT2D eigenvalue weighted by Gasteiger charge is 2.10. The van der Waals surface area contributed by atoms with Crippen LogP contribution in [0.1, 0.15) is 13.3 Å². The zero-order valence-corrected chi connectivity index (χ0v) is 7.54. The Bertz CT molecular complexity index is 225. The smallest absolute Gasteiger partial charge is 0.320 e. The summed E-state index contributed by atoms with van der Waals surface area (Å²) in [5, 5.41) is 11.1. The van der Waals surface area contributed by atoms with Crippen LogP contribution in [0.15, 0.2) is 12.3 Å². The van der Waals surface area contributed by atoms with Gasteiger partial charge in [-0.1, -0.05) is 6.58 Å². The number of aliphatic carboxylic acids is 1. The van der Waals surface area contributed by atoms with Gasteiger partial charge < -0.3 is 16.2 Å². The van der Waals surface area contributed by atoms with Crippen LogP contribution < -0.4 is 11.1 Å². The maximum absolute atomic E-state index is 10.6. The number of hydrogen-bond donors (Lipinski definition) is 3. The van der Waals surface area contributed by atoms with Crippen molar-refractivity contribution in [3.05, 3.63) is 12.3 Å². The van der Waals surface area contributed by atoms with Gasteiger partial charge in [0, 0.05) is 13.5 Å². The number of carbonyl (C=O) groups is 2. The number of ketones is 1. The van der Waals surface area contributed by atoms with Gasteiger partial charge in [0.05, 0.1) is 5.70 Å². The maximum Gasteiger partial charge on any atom is 0.320 e. The van der Waals surface area contributed by atoms with E-state index in [4.69, 9.17) is 10.8 Å². The number of allylic oxidation sites excluding steroid dienone is 1. The summed E-state index contributed by atoms with van der Waals surface area (Å²) in [6.07, 6.45) is 0.266. The molecule has 0 aromatic carbocycles. The van der Waals surface area contributed by atoms with Crippen LogP contribution in [0.3, 0.4) is 0 Å². The first-order chi connectivity index (χ1) is 5.95. The maximum atomic E-state index is 10.6. The van der Waals surface area contributed by atoms with E-state index in [-0.39, 0.29) is 17.9 Å². The van der Waals surface area contributed by atoms with E-state index in [0.29, 0.717) is 6.54 Å². The van der Waals surface area contributed by atoms with Crippen molar-refractivity contribution in [1.82, 2.24) is 5.32 Å². The molecule has 0 rings (SSSR count). The van der Waals surface area contributed by atoms with Gasteiger partial charge in [-0.15, -0.1) is 0 Å². The number of carboxylic acid groups (broad SMARTS) is 1. The Hall–Kier alpha value is -1.36. The van der Waals surface area contributed by atoms with Crippen molar-refractivity contribution in [3.8, 4) is 0 Å². The molecular formula is C8H14N2O3. The minimum atomic E-state index is -1.05. The first-order valence-electron chi connectivity index (χ1n) is 3.87. The number of hydrogen-bond acceptors (Lipinski definition) is 4. The third-order valence-corrected chi connectivity index (χ3v) is 1.54. The van der Waals surface area contributed by atoms with Crippen molar-refractivity contribution in [2.75, 3.05) is 6.54 Å². The van der Waals surface area contributed by atoms with Gasteiger partial charge in [-0.05, 0) is 6.42 Å². The number of carboxylic acids is 1. The van der Waals surface area contributed by atoms with Gasteiger partial charge in [-0.3, -0.25) is 9.59 Å². The van der Waals surface area contributed by atoms with Crippen LogP contribution in [0.5, 0.6) is 0 Å². The lowest BCUT2D eigenvalue weighted by Crippen LogP contribution is -2.34. The molecule has 74 valence electrons. The molecule has 0 bridgehead atoms. The molecule has 5 heteroatoms. The molecule has 5 nitrogen and oxygen atoms in total. The van der Waals surface area contributed by atoms with Gasteiger partial charge in [-0.25, -0.2) is 0 Å². The predicted octanol–water partition coefficient (Wildman–Crippen LogP) is -0.519. The molecule has 0 amide bonds. The van der Waals surface area contributed by atoms with E-state index in [1.54, 1.807) is 0 Å². The zero-order valence-electron chi connectivity index (χ0n) is 7.54. The fourth-order valence-corrected chi connectivity index (χ4v) is 0.627. The van der Waals surface area contributed by atoms with E-state index in [1.807, 2.05) is 0 Å². The van der Waals surface area contributed by atoms with Crippen LogP contribution in [-0.4, -0.2) is 29.4 Å². The predicted molar refractivity (Wildman–Crippen MR) is 48.1 cm³/mol. The molecule has 0 spiro atoms. The van der Waals surface area contributed by atoms with Crippen molar-refractivity contribution in [1.29, 1.82) is 0 Å². The molecular weight excluding hydrogens is 172 g/mol. The Balaban J connectivity index is 3.62. The summed E-state index contributed by atoms with van der Waals surface area (Å²) in [5.41, 5.74) is 5.50. The molecule has 13 heavy (non-hydrogen) atoms. The van der Waals surface area contributed by atoms with E-state index in [1.165, 1.54) is 6.92 Å². The van der Waals surface area contributed by atoms with Crippen molar-refractivity contribution >= 4 is 11.8 Å². The van der Waals surface area contributed by atoms with Gasteiger partial charge in [0.15, 0.2) is 5.78 Å². The van der Waals surface area contributed by atoms with Crippen molar-refractivity contribution in [2.45, 2.75) is 19.4 Å². The second kappa shape index (κ2) is 5.31. The molecule has 4 N–H and O–H groups in total. The quantitative estimate of drug-likeness (QED) is 0.485. The van der Waals surface area contributed by atoms with Gasteiger partial charge in [0.2, 0.25) is 0 Å². The van der Waals surface area contributed by atoms with E-state index >= 15 is 0 Å². The highest BCUT2D eigenvalue weighted by molar-refractivity contribution is 5.91. The number of carbonyl (C=O) groups excluding carboxylic acids is 1. The molecule has 0 saturated carbocycles. The Morgan fingerprint density at radius 2 is 2.15 bits per heavy atom. The molecule has 0 aliphatic heterocycles. The number of nitrogens with one attached hydrogen (secondary N) is 1. The lowest BCUT2D eigenvalue weighted by atomic mass is 10.2. The van der Waals surface area contributed by atoms with Crippen LogP contribution in [-0.2, 0) is 9.59 Å². The van der Waals surface area contributed by atoms with E-state index < -0.39 is 12.0 Å². The van der Waals surface area contributed by atoms with E-state index in [0.717, 1.165) is 0 Å². The normalized spacial score (nSPS) is 11.8. The third kappa shape index (κ3) is 4.97. The monoisotopic (exact) mass is 186 g/mol. The number of rotatable bonds is 6. The number of Topliss-reactive ketones (excluding diaryl/α,β-unsaturated/α-hetero) is 1. The summed E-state index contributed by atoms with van der Waals surface area (Å²) in [6, 6.07) is -0.896. The van der Waals surface area contributed by atoms with Crippen molar-refractivity contribution < 1.29 is 14.7 Å². The average Bonchev–Trinajstić information content (AvgIpc) is 2.03. The summed E-state index contributed by atoms with van der Waals surface area (Å²) < 4.78 is 0. The number of nitrogens with two attached hydrogens (primary N) is 1. The van der Waals surface area contributed by atoms with Gasteiger partial charge in [-0.2, -0.15) is 0 Å². The van der Waals surface area contributed by atoms with Gasteiger partial charge in [0.25, 0.3) is 0 Å². The summed E-state index contributed by atoms with van der Waals surface area (Å²) >= 11 is 0. The zero-order chi connectivity index (χ0) is 10.4. The molecule has 1 unspecified atom stereocenters. The summed E-state index contributed by atoms with van der Waals surface area (Å²) in [4.78, 5) is 20.9. The summed E-state index contributed by atoms with van der Waals surface area (Å²) in [5.74, 6) is -1.21. The van der Waals surface area contributed by atoms with Gasteiger partial charge in [0.1, 0.15) is 6.04 Å². The molecule has 1 atom stereocenters. The lowest BCUT2D eigenvalue weighted by Gasteiger charge is -2.08. The molecule has 0 aromatic heterocycles. The topological polar surface area (TPSA) is 92.4 Å². The fraction of sp³-hybridized carbons (Fsp3) is 0.500. The molecule has 0 radical (unpaired) electrons. The van der Waals surface area contributed by atoms with Crippen LogP contribution in [0, 0.1) is 0 Å². The van der Waals surface area contributed by atoms with Crippen molar-refractivity contribution in [2.24, 2.45) is 5.73 Å². The Morgan fingerprint density at radius 3 is 2.54 bits per heavy atom. The second-order valence-corrected chi connectivity index (χ2v) is 2.69. The summed E-state index contributed by atoms with van der Waals surface area (Å²) in [7, 11) is 0. The molecule has 0 aliphatic carbocycles. The first-order valence-corrected chi connectivity index (χ1v) is 3.87. The molecule has 0 aromatic rings. The van der Waals surface area contributed by atoms with E-state index in [2.05, 4.69) is 11.9 Å². The second-order valence-electron chi connectivity index (χ2n) is 2.69. The largest absolute Gasteiger partial charge is 0.480 e. The Morgan fingerprint density at radius 1 is 1.62 bits per heavy atom. The molecule has 0 aliphatic rings. The van der Waals surface area contributed by atoms with Crippen LogP contribution in [0.4, 0.5) is 0 Å². The first kappa shape index (κ1) is 11.6. The highest BCUT2D eigenvalue weighted by Crippen LogP contribution is 1.90. The lowest BCUT2D eigenvalue weighted by molar-refractivity contribution is -0.138. The highest BCUT2D eigenvalue weighted by atomic mass is 16.4. The van der Waals surface area contributed by atoms with E-state index in [9.17, 15) is 9.59 Å². The molecule has 0 saturated heterocycles. The van der Waals surface area contributed by atoms with Gasteiger partial charge >= 0.3 is 5.97 Å². The fourth-order valence-electron chi connectivity index (χ4n) is 0.627. The summed E-state index contributed by atoms with van der Waals surface area (Å²) in [6.45, 7) is 5.17. The molecule has 0 heterocycles. The standard InChI is InChI=1S/C8H14N2O3/c1-5(6(2)11)10-4-3-7(9)8(12)13/h7,10H,1,3-4,9H2,2H3,(H,12,13).